The van der Waals surface area contributed by atoms with E-state index in [0.717, 1.165) is 56.3 Å². The first kappa shape index (κ1) is 18.6. The van der Waals surface area contributed by atoms with Crippen LogP contribution in [0, 0.1) is 5.92 Å². The maximum Gasteiger partial charge on any atom is 0.252 e. The molecule has 2 heterocycles. The van der Waals surface area contributed by atoms with E-state index < -0.39 is 22.2 Å². The van der Waals surface area contributed by atoms with Crippen LogP contribution in [0.15, 0.2) is 10.3 Å². The van der Waals surface area contributed by atoms with Crippen LogP contribution in [-0.2, 0) is 10.0 Å². The Morgan fingerprint density at radius 1 is 1.24 bits per heavy atom. The zero-order chi connectivity index (χ0) is 18.0. The zero-order valence-electron chi connectivity index (χ0n) is 14.1. The number of amides is 1. The first-order chi connectivity index (χ1) is 11.9. The second kappa shape index (κ2) is 7.61. The van der Waals surface area contributed by atoms with Crippen molar-refractivity contribution in [3.63, 3.8) is 0 Å². The molecule has 1 aromatic rings. The van der Waals surface area contributed by atoms with Gasteiger partial charge in [-0.25, -0.2) is 8.42 Å². The van der Waals surface area contributed by atoms with Crippen LogP contribution >= 0.6 is 11.3 Å². The summed E-state index contributed by atoms with van der Waals surface area (Å²) in [5.41, 5.74) is 5.54. The molecule has 3 rings (SSSR count). The van der Waals surface area contributed by atoms with Crippen LogP contribution in [0.5, 0.6) is 0 Å². The number of aliphatic hydroxyl groups is 1. The Morgan fingerprint density at radius 2 is 1.88 bits per heavy atom. The molecule has 0 spiro atoms. The van der Waals surface area contributed by atoms with E-state index in [4.69, 9.17) is 5.73 Å². The van der Waals surface area contributed by atoms with E-state index in [9.17, 15) is 18.3 Å². The SMILES string of the molecule is NC(=O)c1cc(S(=O)(=O)N2CCCCC2)sc1NC(O)C1CCCC1. The number of anilines is 1. The van der Waals surface area contributed by atoms with Gasteiger partial charge in [0.15, 0.2) is 0 Å². The average molecular weight is 388 g/mol. The van der Waals surface area contributed by atoms with Gasteiger partial charge in [-0.15, -0.1) is 11.3 Å². The molecule has 4 N–H and O–H groups in total. The Labute approximate surface area is 152 Å². The molecule has 1 saturated carbocycles. The Hall–Kier alpha value is -1.16. The molecule has 2 fully saturated rings. The number of primary amides is 1. The minimum atomic E-state index is -3.63. The molecule has 1 amide bonds. The Balaban J connectivity index is 1.85. The molecule has 0 radical (unpaired) electrons. The topological polar surface area (TPSA) is 113 Å². The quantitative estimate of drug-likeness (QED) is 0.646. The highest BCUT2D eigenvalue weighted by Crippen LogP contribution is 2.36. The van der Waals surface area contributed by atoms with Crippen LogP contribution in [-0.4, -0.2) is 43.1 Å². The van der Waals surface area contributed by atoms with Crippen molar-refractivity contribution >= 4 is 32.3 Å². The number of nitrogens with two attached hydrogens (primary N) is 1. The van der Waals surface area contributed by atoms with Crippen LogP contribution in [0.3, 0.4) is 0 Å². The van der Waals surface area contributed by atoms with E-state index in [1.807, 2.05) is 0 Å². The molecule has 1 unspecified atom stereocenters. The summed E-state index contributed by atoms with van der Waals surface area (Å²) in [7, 11) is -3.63. The third-order valence-electron chi connectivity index (χ3n) is 5.01. The van der Waals surface area contributed by atoms with Crippen LogP contribution in [0.25, 0.3) is 0 Å². The normalized spacial score (nSPS) is 21.3. The number of nitrogens with one attached hydrogen (secondary N) is 1. The number of carbonyl (C=O) groups is 1. The van der Waals surface area contributed by atoms with Crippen LogP contribution in [0.4, 0.5) is 5.00 Å². The summed E-state index contributed by atoms with van der Waals surface area (Å²) in [5.74, 6) is -0.581. The first-order valence-corrected chi connectivity index (χ1v) is 11.0. The minimum absolute atomic E-state index is 0.101. The Morgan fingerprint density at radius 3 is 2.48 bits per heavy atom. The highest BCUT2D eigenvalue weighted by Gasteiger charge is 2.31. The third-order valence-corrected chi connectivity index (χ3v) is 8.42. The number of sulfonamides is 1. The molecule has 0 aromatic carbocycles. The van der Waals surface area contributed by atoms with Crippen molar-refractivity contribution in [3.8, 4) is 0 Å². The summed E-state index contributed by atoms with van der Waals surface area (Å²) < 4.78 is 27.2. The summed E-state index contributed by atoms with van der Waals surface area (Å²) in [6, 6.07) is 1.33. The van der Waals surface area contributed by atoms with Crippen molar-refractivity contribution in [1.82, 2.24) is 4.31 Å². The smallest absolute Gasteiger partial charge is 0.252 e. The number of piperidine rings is 1. The summed E-state index contributed by atoms with van der Waals surface area (Å²) in [5, 5.41) is 13.6. The fraction of sp³-hybridized carbons (Fsp3) is 0.688. The van der Waals surface area contributed by atoms with Crippen LogP contribution in [0.2, 0.25) is 0 Å². The predicted molar refractivity (Wildman–Crippen MR) is 97.0 cm³/mol. The zero-order valence-corrected chi connectivity index (χ0v) is 15.7. The van der Waals surface area contributed by atoms with Crippen molar-refractivity contribution in [1.29, 1.82) is 0 Å². The molecule has 140 valence electrons. The summed E-state index contributed by atoms with van der Waals surface area (Å²) in [4.78, 5) is 11.7. The van der Waals surface area contributed by atoms with Crippen LogP contribution in [0.1, 0.15) is 55.3 Å². The molecule has 1 aliphatic carbocycles. The Bertz CT molecular complexity index is 720. The number of hydrogen-bond acceptors (Lipinski definition) is 6. The highest BCUT2D eigenvalue weighted by molar-refractivity contribution is 7.91. The van der Waals surface area contributed by atoms with E-state index in [2.05, 4.69) is 5.32 Å². The summed E-state index contributed by atoms with van der Waals surface area (Å²) in [6.07, 6.45) is 5.91. The molecule has 9 heteroatoms. The van der Waals surface area contributed by atoms with Gasteiger partial charge in [0.1, 0.15) is 15.4 Å². The summed E-state index contributed by atoms with van der Waals surface area (Å²) in [6.45, 7) is 0.999. The van der Waals surface area contributed by atoms with E-state index in [1.165, 1.54) is 10.4 Å². The fourth-order valence-electron chi connectivity index (χ4n) is 3.54. The highest BCUT2D eigenvalue weighted by atomic mass is 32.2. The number of aliphatic hydroxyl groups excluding tert-OH is 1. The molecule has 1 aliphatic heterocycles. The van der Waals surface area contributed by atoms with E-state index >= 15 is 0 Å². The molecule has 7 nitrogen and oxygen atoms in total. The third kappa shape index (κ3) is 3.99. The van der Waals surface area contributed by atoms with Crippen molar-refractivity contribution in [3.05, 3.63) is 11.6 Å². The molecule has 1 saturated heterocycles. The van der Waals surface area contributed by atoms with Crippen molar-refractivity contribution in [2.45, 2.75) is 55.4 Å². The Kier molecular flexibility index (Phi) is 5.67. The number of hydrogen-bond donors (Lipinski definition) is 3. The van der Waals surface area contributed by atoms with Gasteiger partial charge in [-0.3, -0.25) is 4.79 Å². The lowest BCUT2D eigenvalue weighted by Crippen LogP contribution is -2.35. The van der Waals surface area contributed by atoms with Gasteiger partial charge < -0.3 is 16.2 Å². The number of nitrogens with zero attached hydrogens (tertiary/aromatic N) is 1. The minimum Gasteiger partial charge on any atom is -0.374 e. The molecule has 1 aromatic heterocycles. The fourth-order valence-corrected chi connectivity index (χ4v) is 6.62. The number of carbonyl (C=O) groups excluding carboxylic acids is 1. The van der Waals surface area contributed by atoms with Gasteiger partial charge in [-0.2, -0.15) is 4.31 Å². The molecule has 0 bridgehead atoms. The number of thiophene rings is 1. The number of rotatable bonds is 6. The predicted octanol–water partition coefficient (Wildman–Crippen LogP) is 1.94. The van der Waals surface area contributed by atoms with Crippen molar-refractivity contribution in [2.75, 3.05) is 18.4 Å². The van der Waals surface area contributed by atoms with Crippen LogP contribution < -0.4 is 11.1 Å². The largest absolute Gasteiger partial charge is 0.374 e. The van der Waals surface area contributed by atoms with Gasteiger partial charge in [0.2, 0.25) is 0 Å². The molecule has 1 atom stereocenters. The van der Waals surface area contributed by atoms with Gasteiger partial charge in [-0.05, 0) is 31.7 Å². The van der Waals surface area contributed by atoms with Gasteiger partial charge in [0.25, 0.3) is 15.9 Å². The van der Waals surface area contributed by atoms with Gasteiger partial charge in [-0.1, -0.05) is 19.3 Å². The molecular weight excluding hydrogens is 362 g/mol. The van der Waals surface area contributed by atoms with E-state index in [1.54, 1.807) is 0 Å². The van der Waals surface area contributed by atoms with Gasteiger partial charge in [0, 0.05) is 19.0 Å². The lowest BCUT2D eigenvalue weighted by molar-refractivity contribution is 0.100. The maximum absolute atomic E-state index is 12.8. The molecular formula is C16H25N3O4S2. The van der Waals surface area contributed by atoms with E-state index in [0.29, 0.717) is 18.1 Å². The van der Waals surface area contributed by atoms with Gasteiger partial charge in [0.05, 0.1) is 5.56 Å². The average Bonchev–Trinajstić information content (AvgIpc) is 3.25. The summed E-state index contributed by atoms with van der Waals surface area (Å²) >= 11 is 0.974. The lowest BCUT2D eigenvalue weighted by Gasteiger charge is -2.25. The molecule has 2 aliphatic rings. The monoisotopic (exact) mass is 387 g/mol. The standard InChI is InChI=1S/C16H25N3O4S2/c17-14(20)12-10-13(25(22,23)19-8-4-1-5-9-19)24-16(12)18-15(21)11-6-2-3-7-11/h10-11,15,18,21H,1-9H2,(H2,17,20). The van der Waals surface area contributed by atoms with E-state index in [-0.39, 0.29) is 15.7 Å². The van der Waals surface area contributed by atoms with Gasteiger partial charge >= 0.3 is 0 Å². The molecule has 25 heavy (non-hydrogen) atoms. The second-order valence-corrected chi connectivity index (χ2v) is 9.99. The van der Waals surface area contributed by atoms with Crippen molar-refractivity contribution in [2.24, 2.45) is 11.7 Å². The lowest BCUT2D eigenvalue weighted by atomic mass is 10.1. The first-order valence-electron chi connectivity index (χ1n) is 8.78. The second-order valence-electron chi connectivity index (χ2n) is 6.77. The maximum atomic E-state index is 12.8. The van der Waals surface area contributed by atoms with Crippen molar-refractivity contribution < 1.29 is 18.3 Å².